The summed E-state index contributed by atoms with van der Waals surface area (Å²) in [5.74, 6) is -1.69. The highest BCUT2D eigenvalue weighted by atomic mass is 32.1. The van der Waals surface area contributed by atoms with Gasteiger partial charge in [0.15, 0.2) is 5.75 Å². The van der Waals surface area contributed by atoms with E-state index >= 15 is 0 Å². The van der Waals surface area contributed by atoms with Gasteiger partial charge in [0.05, 0.1) is 15.4 Å². The third-order valence-corrected chi connectivity index (χ3v) is 4.13. The number of hydrogen-bond acceptors (Lipinski definition) is 8. The summed E-state index contributed by atoms with van der Waals surface area (Å²) in [6.07, 6.45) is -2.77. The highest BCUT2D eigenvalue weighted by Gasteiger charge is 2.31. The van der Waals surface area contributed by atoms with Crippen LogP contribution in [0.1, 0.15) is 5.56 Å². The largest absolute Gasteiger partial charge is 0.504 e. The summed E-state index contributed by atoms with van der Waals surface area (Å²) in [5, 5.41) is 34.0. The first-order chi connectivity index (χ1) is 12.2. The predicted molar refractivity (Wildman–Crippen MR) is 83.6 cm³/mol. The molecule has 1 aromatic carbocycles. The number of nitro benzene ring substituents is 1. The molecular formula is C14H7F3N4O4S. The van der Waals surface area contributed by atoms with Crippen molar-refractivity contribution in [1.29, 1.82) is 0 Å². The molecule has 26 heavy (non-hydrogen) atoms. The van der Waals surface area contributed by atoms with Crippen LogP contribution in [0.3, 0.4) is 0 Å². The minimum Gasteiger partial charge on any atom is -0.504 e. The van der Waals surface area contributed by atoms with Crippen molar-refractivity contribution in [3.8, 4) is 33.2 Å². The Balaban J connectivity index is 2.15. The number of aromatic hydroxyl groups is 2. The number of phenols is 2. The van der Waals surface area contributed by atoms with Crippen LogP contribution in [0.2, 0.25) is 0 Å². The van der Waals surface area contributed by atoms with E-state index in [1.807, 2.05) is 0 Å². The Morgan fingerprint density at radius 3 is 2.50 bits per heavy atom. The fraction of sp³-hybridized carbons (Fsp3) is 0.0714. The zero-order valence-electron chi connectivity index (χ0n) is 12.4. The summed E-state index contributed by atoms with van der Waals surface area (Å²) in [5.41, 5.74) is -1.68. The first-order valence-electron chi connectivity index (χ1n) is 6.74. The van der Waals surface area contributed by atoms with Crippen molar-refractivity contribution in [2.75, 3.05) is 0 Å². The minimum absolute atomic E-state index is 0.00756. The maximum absolute atomic E-state index is 12.9. The molecule has 134 valence electrons. The van der Waals surface area contributed by atoms with Crippen molar-refractivity contribution in [1.82, 2.24) is 14.6 Å². The van der Waals surface area contributed by atoms with Gasteiger partial charge in [0, 0.05) is 29.6 Å². The smallest absolute Gasteiger partial charge is 0.417 e. The van der Waals surface area contributed by atoms with Crippen LogP contribution in [-0.2, 0) is 6.18 Å². The van der Waals surface area contributed by atoms with Crippen LogP contribution < -0.4 is 0 Å². The highest BCUT2D eigenvalue weighted by Crippen LogP contribution is 2.42. The molecule has 0 aliphatic heterocycles. The number of benzene rings is 1. The molecule has 0 atom stereocenters. The van der Waals surface area contributed by atoms with Gasteiger partial charge >= 0.3 is 11.9 Å². The number of alkyl halides is 3. The Kier molecular flexibility index (Phi) is 4.20. The van der Waals surface area contributed by atoms with Gasteiger partial charge in [0.1, 0.15) is 5.69 Å². The maximum Gasteiger partial charge on any atom is 0.417 e. The van der Waals surface area contributed by atoms with Crippen molar-refractivity contribution >= 4 is 17.2 Å². The standard InChI is InChI=1S/C14H7F3N4O4S/c15-14(16,17)8-1-7(4-18-5-8)13-11(19-20-26-13)6-2-9(21(24)25)12(23)10(22)3-6/h1-5,22-23H. The maximum atomic E-state index is 12.9. The second kappa shape index (κ2) is 6.22. The van der Waals surface area contributed by atoms with Crippen LogP contribution in [0, 0.1) is 10.1 Å². The van der Waals surface area contributed by atoms with Gasteiger partial charge in [-0.3, -0.25) is 15.1 Å². The zero-order chi connectivity index (χ0) is 19.1. The van der Waals surface area contributed by atoms with Crippen molar-refractivity contribution < 1.29 is 28.3 Å². The van der Waals surface area contributed by atoms with Crippen LogP contribution >= 0.6 is 11.5 Å². The van der Waals surface area contributed by atoms with Crippen molar-refractivity contribution in [3.05, 3.63) is 46.3 Å². The van der Waals surface area contributed by atoms with Crippen molar-refractivity contribution in [3.63, 3.8) is 0 Å². The number of rotatable bonds is 3. The van der Waals surface area contributed by atoms with Gasteiger partial charge in [-0.15, -0.1) is 5.10 Å². The van der Waals surface area contributed by atoms with E-state index in [0.717, 1.165) is 29.7 Å². The Hall–Kier alpha value is -3.28. The third kappa shape index (κ3) is 3.13. The van der Waals surface area contributed by atoms with Crippen molar-refractivity contribution in [2.45, 2.75) is 6.18 Å². The Bertz CT molecular complexity index is 1010. The lowest BCUT2D eigenvalue weighted by Gasteiger charge is -2.08. The third-order valence-electron chi connectivity index (χ3n) is 3.36. The van der Waals surface area contributed by atoms with E-state index in [9.17, 15) is 33.5 Å². The molecule has 2 N–H and O–H groups in total. The van der Waals surface area contributed by atoms with Crippen LogP contribution in [-0.4, -0.2) is 29.7 Å². The highest BCUT2D eigenvalue weighted by molar-refractivity contribution is 7.09. The SMILES string of the molecule is O=[N+]([O-])c1cc(-c2nnsc2-c2cncc(C(F)(F)F)c2)cc(O)c1O. The molecule has 0 aliphatic carbocycles. The fourth-order valence-corrected chi connectivity index (χ4v) is 2.83. The zero-order valence-corrected chi connectivity index (χ0v) is 13.2. The molecule has 0 aliphatic rings. The lowest BCUT2D eigenvalue weighted by Crippen LogP contribution is -2.05. The molecule has 12 heteroatoms. The molecule has 0 radical (unpaired) electrons. The fourth-order valence-electron chi connectivity index (χ4n) is 2.17. The van der Waals surface area contributed by atoms with Crippen LogP contribution in [0.5, 0.6) is 11.5 Å². The van der Waals surface area contributed by atoms with Gasteiger partial charge in [-0.25, -0.2) is 0 Å². The second-order valence-electron chi connectivity index (χ2n) is 5.03. The number of pyridine rings is 1. The lowest BCUT2D eigenvalue weighted by atomic mass is 10.1. The van der Waals surface area contributed by atoms with Crippen LogP contribution in [0.4, 0.5) is 18.9 Å². The van der Waals surface area contributed by atoms with E-state index in [-0.39, 0.29) is 21.7 Å². The number of nitrogens with zero attached hydrogens (tertiary/aromatic N) is 4. The molecule has 0 saturated carbocycles. The van der Waals surface area contributed by atoms with Crippen molar-refractivity contribution in [2.24, 2.45) is 0 Å². The number of aromatic nitrogens is 3. The van der Waals surface area contributed by atoms with E-state index in [4.69, 9.17) is 0 Å². The first kappa shape index (κ1) is 17.5. The topological polar surface area (TPSA) is 122 Å². The van der Waals surface area contributed by atoms with Gasteiger partial charge in [-0.05, 0) is 23.7 Å². The van der Waals surface area contributed by atoms with Gasteiger partial charge in [-0.2, -0.15) is 13.2 Å². The molecule has 0 amide bonds. The average Bonchev–Trinajstić information content (AvgIpc) is 3.06. The molecule has 0 bridgehead atoms. The van der Waals surface area contributed by atoms with E-state index in [0.29, 0.717) is 6.20 Å². The molecule has 0 saturated heterocycles. The predicted octanol–water partition coefficient (Wildman–Crippen LogP) is 3.61. The van der Waals surface area contributed by atoms with Gasteiger partial charge < -0.3 is 10.2 Å². The molecule has 0 spiro atoms. The molecule has 8 nitrogen and oxygen atoms in total. The Labute approximate surface area is 146 Å². The summed E-state index contributed by atoms with van der Waals surface area (Å²) in [6.45, 7) is 0. The monoisotopic (exact) mass is 384 g/mol. The summed E-state index contributed by atoms with van der Waals surface area (Å²) in [6, 6.07) is 2.79. The Morgan fingerprint density at radius 1 is 1.12 bits per heavy atom. The summed E-state index contributed by atoms with van der Waals surface area (Å²) >= 11 is 0.759. The summed E-state index contributed by atoms with van der Waals surface area (Å²) < 4.78 is 42.3. The van der Waals surface area contributed by atoms with Crippen LogP contribution in [0.25, 0.3) is 21.7 Å². The summed E-state index contributed by atoms with van der Waals surface area (Å²) in [7, 11) is 0. The molecule has 0 unspecified atom stereocenters. The van der Waals surface area contributed by atoms with E-state index in [1.165, 1.54) is 6.20 Å². The number of halogens is 3. The molecule has 3 rings (SSSR count). The quantitative estimate of drug-likeness (QED) is 0.402. The van der Waals surface area contributed by atoms with E-state index < -0.39 is 33.8 Å². The normalized spacial score (nSPS) is 11.5. The molecular weight excluding hydrogens is 377 g/mol. The molecule has 3 aromatic rings. The average molecular weight is 384 g/mol. The summed E-state index contributed by atoms with van der Waals surface area (Å²) in [4.78, 5) is 13.8. The molecule has 2 heterocycles. The van der Waals surface area contributed by atoms with Gasteiger partial charge in [-0.1, -0.05) is 4.49 Å². The van der Waals surface area contributed by atoms with Crippen LogP contribution in [0.15, 0.2) is 30.6 Å². The minimum atomic E-state index is -4.60. The second-order valence-corrected chi connectivity index (χ2v) is 5.79. The number of phenolic OH excluding ortho intramolecular Hbond substituents is 2. The number of nitro groups is 1. The Morgan fingerprint density at radius 2 is 1.85 bits per heavy atom. The molecule has 2 aromatic heterocycles. The first-order valence-corrected chi connectivity index (χ1v) is 7.51. The molecule has 0 fully saturated rings. The van der Waals surface area contributed by atoms with Gasteiger partial charge in [0.25, 0.3) is 0 Å². The lowest BCUT2D eigenvalue weighted by molar-refractivity contribution is -0.385. The van der Waals surface area contributed by atoms with Gasteiger partial charge in [0.2, 0.25) is 5.75 Å². The number of hydrogen-bond donors (Lipinski definition) is 2. The van der Waals surface area contributed by atoms with E-state index in [2.05, 4.69) is 14.6 Å². The van der Waals surface area contributed by atoms with E-state index in [1.54, 1.807) is 0 Å².